The number of methoxy groups -OCH3 is 1. The first-order chi connectivity index (χ1) is 16.1. The van der Waals surface area contributed by atoms with Crippen LogP contribution in [0.5, 0.6) is 34.7 Å². The Balaban J connectivity index is 1.88. The van der Waals surface area contributed by atoms with E-state index in [1.807, 2.05) is 13.8 Å². The minimum atomic E-state index is -0.751. The minimum Gasteiger partial charge on any atom is -0.504 e. The summed E-state index contributed by atoms with van der Waals surface area (Å²) in [4.78, 5) is 36.3. The Labute approximate surface area is 194 Å². The van der Waals surface area contributed by atoms with E-state index in [-0.39, 0.29) is 52.3 Å². The third kappa shape index (κ3) is 5.29. The first-order valence-corrected chi connectivity index (χ1v) is 10.5. The van der Waals surface area contributed by atoms with E-state index in [0.29, 0.717) is 0 Å². The molecule has 180 valence electrons. The summed E-state index contributed by atoms with van der Waals surface area (Å²) in [6.45, 7) is 5.23. The highest BCUT2D eigenvalue weighted by Gasteiger charge is 2.22. The maximum atomic E-state index is 12.6. The van der Waals surface area contributed by atoms with Gasteiger partial charge in [0.15, 0.2) is 11.5 Å². The molecule has 2 aromatic carbocycles. The summed E-state index contributed by atoms with van der Waals surface area (Å²) >= 11 is 0. The number of phenols is 1. The second-order valence-electron chi connectivity index (χ2n) is 7.65. The fourth-order valence-electron chi connectivity index (χ4n) is 2.91. The molecule has 1 unspecified atom stereocenters. The molecule has 0 amide bonds. The second-order valence-corrected chi connectivity index (χ2v) is 7.65. The molecule has 10 heteroatoms. The van der Waals surface area contributed by atoms with Crippen molar-refractivity contribution in [2.24, 2.45) is 11.7 Å². The molecule has 34 heavy (non-hydrogen) atoms. The molecule has 10 nitrogen and oxygen atoms in total. The topological polar surface area (TPSA) is 148 Å². The predicted molar refractivity (Wildman–Crippen MR) is 122 cm³/mol. The van der Waals surface area contributed by atoms with Crippen LogP contribution in [-0.4, -0.2) is 30.2 Å². The number of carbonyl (C=O) groups excluding carboxylic acids is 2. The third-order valence-corrected chi connectivity index (χ3v) is 4.86. The van der Waals surface area contributed by atoms with E-state index in [2.05, 4.69) is 0 Å². The van der Waals surface area contributed by atoms with Gasteiger partial charge in [0.05, 0.1) is 13.2 Å². The van der Waals surface area contributed by atoms with E-state index >= 15 is 0 Å². The summed E-state index contributed by atoms with van der Waals surface area (Å²) in [7, 11) is 1.26. The van der Waals surface area contributed by atoms with Gasteiger partial charge in [0.2, 0.25) is 11.2 Å². The maximum Gasteiger partial charge on any atom is 0.328 e. The number of hydrogen-bond acceptors (Lipinski definition) is 10. The molecule has 1 heterocycles. The van der Waals surface area contributed by atoms with Crippen LogP contribution in [0.15, 0.2) is 45.6 Å². The standard InChI is InChI=1S/C24H25NO9/c1-5-18(27)33-17-11-16-20(22(28)23(17)30-4)15(26)10-19(34-16)31-13-6-8-14(9-7-13)32-24(29)21(25)12(2)3/h6-12,21,28H,5,25H2,1-4H3. The zero-order valence-corrected chi connectivity index (χ0v) is 19.1. The molecule has 3 aromatic rings. The molecule has 1 atom stereocenters. The normalized spacial score (nSPS) is 11.8. The van der Waals surface area contributed by atoms with Gasteiger partial charge in [-0.1, -0.05) is 20.8 Å². The van der Waals surface area contributed by atoms with Gasteiger partial charge in [-0.2, -0.15) is 0 Å². The molecule has 0 saturated carbocycles. The van der Waals surface area contributed by atoms with Gasteiger partial charge in [-0.15, -0.1) is 0 Å². The zero-order chi connectivity index (χ0) is 25.0. The maximum absolute atomic E-state index is 12.6. The molecule has 1 aromatic heterocycles. The van der Waals surface area contributed by atoms with Crippen molar-refractivity contribution in [3.05, 3.63) is 46.6 Å². The van der Waals surface area contributed by atoms with Crippen LogP contribution < -0.4 is 30.1 Å². The molecule has 0 saturated heterocycles. The lowest BCUT2D eigenvalue weighted by Gasteiger charge is -2.14. The van der Waals surface area contributed by atoms with Crippen LogP contribution in [0.3, 0.4) is 0 Å². The lowest BCUT2D eigenvalue weighted by Crippen LogP contribution is -2.38. The molecular formula is C24H25NO9. The van der Waals surface area contributed by atoms with Gasteiger partial charge in [0.1, 0.15) is 28.5 Å². The smallest absolute Gasteiger partial charge is 0.328 e. The van der Waals surface area contributed by atoms with Crippen LogP contribution in [0.4, 0.5) is 0 Å². The summed E-state index contributed by atoms with van der Waals surface area (Å²) < 4.78 is 26.7. The third-order valence-electron chi connectivity index (χ3n) is 4.86. The van der Waals surface area contributed by atoms with Crippen LogP contribution in [-0.2, 0) is 9.59 Å². The molecule has 0 fully saturated rings. The molecule has 3 N–H and O–H groups in total. The van der Waals surface area contributed by atoms with Gasteiger partial charge in [0.25, 0.3) is 5.95 Å². The number of fused-ring (bicyclic) bond motifs is 1. The summed E-state index contributed by atoms with van der Waals surface area (Å²) in [6.07, 6.45) is 0.0871. The predicted octanol–water partition coefficient (Wildman–Crippen LogP) is 3.50. The summed E-state index contributed by atoms with van der Waals surface area (Å²) in [5.74, 6) is -1.62. The Hall–Kier alpha value is -4.05. The number of benzene rings is 2. The Bertz CT molecular complexity index is 1260. The number of ether oxygens (including phenoxy) is 4. The van der Waals surface area contributed by atoms with E-state index in [0.717, 1.165) is 6.07 Å². The van der Waals surface area contributed by atoms with E-state index in [4.69, 9.17) is 29.1 Å². The summed E-state index contributed by atoms with van der Waals surface area (Å²) in [5.41, 5.74) is 5.10. The van der Waals surface area contributed by atoms with E-state index in [1.54, 1.807) is 6.92 Å². The number of phenolic OH excluding ortho intramolecular Hbond substituents is 1. The van der Waals surface area contributed by atoms with E-state index in [9.17, 15) is 19.5 Å². The largest absolute Gasteiger partial charge is 0.504 e. The SMILES string of the molecule is CCC(=O)Oc1cc2oc(Oc3ccc(OC(=O)C(N)C(C)C)cc3)cc(=O)c2c(O)c1OC. The molecule has 0 bridgehead atoms. The van der Waals surface area contributed by atoms with Gasteiger partial charge in [-0.25, -0.2) is 4.79 Å². The van der Waals surface area contributed by atoms with Crippen molar-refractivity contribution in [3.63, 3.8) is 0 Å². The van der Waals surface area contributed by atoms with Gasteiger partial charge < -0.3 is 34.2 Å². The Morgan fingerprint density at radius 3 is 2.32 bits per heavy atom. The molecule has 0 aliphatic heterocycles. The van der Waals surface area contributed by atoms with Gasteiger partial charge in [-0.05, 0) is 30.2 Å². The molecule has 0 aliphatic rings. The number of hydrogen-bond donors (Lipinski definition) is 2. The highest BCUT2D eigenvalue weighted by molar-refractivity contribution is 5.90. The van der Waals surface area contributed by atoms with Crippen molar-refractivity contribution in [2.45, 2.75) is 33.2 Å². The van der Waals surface area contributed by atoms with Crippen LogP contribution in [0.1, 0.15) is 27.2 Å². The van der Waals surface area contributed by atoms with Crippen LogP contribution in [0.2, 0.25) is 0 Å². The molecule has 0 radical (unpaired) electrons. The second kappa shape index (κ2) is 10.3. The van der Waals surface area contributed by atoms with Crippen molar-refractivity contribution in [3.8, 4) is 34.7 Å². The fraction of sp³-hybridized carbons (Fsp3) is 0.292. The Morgan fingerprint density at radius 2 is 1.74 bits per heavy atom. The number of carbonyl (C=O) groups is 2. The summed E-state index contributed by atoms with van der Waals surface area (Å²) in [5, 5.41) is 10.3. The lowest BCUT2D eigenvalue weighted by atomic mass is 10.1. The van der Waals surface area contributed by atoms with E-state index < -0.39 is 29.2 Å². The van der Waals surface area contributed by atoms with Crippen molar-refractivity contribution in [2.75, 3.05) is 7.11 Å². The minimum absolute atomic E-state index is 0.0728. The fourth-order valence-corrected chi connectivity index (χ4v) is 2.91. The Morgan fingerprint density at radius 1 is 1.09 bits per heavy atom. The highest BCUT2D eigenvalue weighted by Crippen LogP contribution is 2.42. The van der Waals surface area contributed by atoms with Crippen molar-refractivity contribution >= 4 is 22.9 Å². The molecular weight excluding hydrogens is 446 g/mol. The number of esters is 2. The van der Waals surface area contributed by atoms with Gasteiger partial charge in [0, 0.05) is 12.5 Å². The van der Waals surface area contributed by atoms with Crippen LogP contribution >= 0.6 is 0 Å². The first kappa shape index (κ1) is 24.6. The average Bonchev–Trinajstić information content (AvgIpc) is 2.79. The zero-order valence-electron chi connectivity index (χ0n) is 19.1. The molecule has 0 spiro atoms. The monoisotopic (exact) mass is 471 g/mol. The molecule has 3 rings (SSSR count). The number of aromatic hydroxyl groups is 1. The van der Waals surface area contributed by atoms with Crippen molar-refractivity contribution in [1.82, 2.24) is 0 Å². The van der Waals surface area contributed by atoms with Gasteiger partial charge >= 0.3 is 11.9 Å². The van der Waals surface area contributed by atoms with Gasteiger partial charge in [-0.3, -0.25) is 9.59 Å². The number of rotatable bonds is 8. The molecule has 0 aliphatic carbocycles. The lowest BCUT2D eigenvalue weighted by molar-refractivity contribution is -0.137. The summed E-state index contributed by atoms with van der Waals surface area (Å²) in [6, 6.07) is 7.57. The van der Waals surface area contributed by atoms with Crippen LogP contribution in [0.25, 0.3) is 11.0 Å². The number of nitrogens with two attached hydrogens (primary N) is 1. The highest BCUT2D eigenvalue weighted by atomic mass is 16.6. The quantitative estimate of drug-likeness (QED) is 0.369. The average molecular weight is 471 g/mol. The van der Waals surface area contributed by atoms with Crippen LogP contribution in [0, 0.1) is 5.92 Å². The van der Waals surface area contributed by atoms with Crippen molar-refractivity contribution in [1.29, 1.82) is 0 Å². The first-order valence-electron chi connectivity index (χ1n) is 10.5. The van der Waals surface area contributed by atoms with Crippen molar-refractivity contribution < 1.29 is 38.1 Å². The van der Waals surface area contributed by atoms with E-state index in [1.165, 1.54) is 37.4 Å². The Kier molecular flexibility index (Phi) is 7.42.